The van der Waals surface area contributed by atoms with Crippen LogP contribution in [0.1, 0.15) is 102 Å². The summed E-state index contributed by atoms with van der Waals surface area (Å²) in [5, 5.41) is 56.8. The molecule has 0 spiro atoms. The van der Waals surface area contributed by atoms with Gasteiger partial charge in [-0.3, -0.25) is 33.6 Å². The van der Waals surface area contributed by atoms with Crippen molar-refractivity contribution in [3.8, 4) is 10.7 Å². The normalized spacial score (nSPS) is 15.0. The molecule has 0 radical (unpaired) electrons. The number of rotatable bonds is 32. The second kappa shape index (κ2) is 29.3. The minimum atomic E-state index is -1.81. The first-order valence-electron chi connectivity index (χ1n) is 23.6. The maximum atomic E-state index is 13.9. The van der Waals surface area contributed by atoms with Crippen LogP contribution in [0.2, 0.25) is 0 Å². The van der Waals surface area contributed by atoms with Crippen molar-refractivity contribution in [1.82, 2.24) is 67.1 Å². The van der Waals surface area contributed by atoms with Crippen molar-refractivity contribution in [2.45, 2.75) is 108 Å². The number of thiazole rings is 2. The SMILES string of the molecule is Cc1c(N)nc([C@H](CC(N)=O)NC[C@H](N)C(N)=O)nc1C(=O)N[C@H](C(=O)N[C@H](C)[C@@H](O)[C@@H](C)C(=O)N[C@H](C(=O)NCCc1nc(-c2nc(C(=O)NCCCNCCCCN)cs2)cs1)[C@@H](C)O)[C@@H](O)c1cnc[nH]1. The number of nitrogens with one attached hydrogen (secondary N) is 8. The predicted octanol–water partition coefficient (Wildman–Crippen LogP) is -4.00. The number of anilines is 1. The minimum Gasteiger partial charge on any atom is -0.391 e. The number of nitrogen functional groups attached to an aromatic ring is 1. The Labute approximate surface area is 434 Å². The largest absolute Gasteiger partial charge is 0.391 e. The van der Waals surface area contributed by atoms with Crippen molar-refractivity contribution >= 4 is 69.8 Å². The lowest BCUT2D eigenvalue weighted by Gasteiger charge is -2.30. The lowest BCUT2D eigenvalue weighted by atomic mass is 9.96. The van der Waals surface area contributed by atoms with E-state index in [-0.39, 0.29) is 59.7 Å². The van der Waals surface area contributed by atoms with Gasteiger partial charge >= 0.3 is 0 Å². The van der Waals surface area contributed by atoms with E-state index in [0.29, 0.717) is 28.8 Å². The summed E-state index contributed by atoms with van der Waals surface area (Å²) < 4.78 is 0. The maximum Gasteiger partial charge on any atom is 0.271 e. The van der Waals surface area contributed by atoms with Gasteiger partial charge in [0, 0.05) is 48.8 Å². The fourth-order valence-corrected chi connectivity index (χ4v) is 8.60. The summed E-state index contributed by atoms with van der Waals surface area (Å²) in [5.41, 5.74) is 28.6. The second-order valence-corrected chi connectivity index (χ2v) is 19.1. The summed E-state index contributed by atoms with van der Waals surface area (Å²) in [4.78, 5) is 115. The topological polar surface area (TPSA) is 475 Å². The number of nitrogens with two attached hydrogens (primary N) is 5. The molecule has 406 valence electrons. The van der Waals surface area contributed by atoms with Crippen LogP contribution in [-0.4, -0.2) is 162 Å². The molecule has 4 aromatic heterocycles. The third-order valence-corrected chi connectivity index (χ3v) is 13.2. The van der Waals surface area contributed by atoms with Gasteiger partial charge in [0.25, 0.3) is 11.8 Å². The molecule has 4 heterocycles. The smallest absolute Gasteiger partial charge is 0.271 e. The van der Waals surface area contributed by atoms with Crippen molar-refractivity contribution in [2.75, 3.05) is 45.0 Å². The molecule has 0 fully saturated rings. The number of aromatic nitrogens is 6. The molecule has 7 amide bonds. The molecular formula is C44H68N18O10S2. The molecule has 0 aliphatic rings. The average Bonchev–Trinajstić information content (AvgIpc) is 4.18. The number of primary amides is 2. The number of imidazole rings is 1. The summed E-state index contributed by atoms with van der Waals surface area (Å²) in [6.45, 7) is 8.01. The van der Waals surface area contributed by atoms with Crippen molar-refractivity contribution in [3.63, 3.8) is 0 Å². The monoisotopic (exact) mass is 1070 g/mol. The van der Waals surface area contributed by atoms with Crippen LogP contribution in [0.25, 0.3) is 10.7 Å². The zero-order valence-electron chi connectivity index (χ0n) is 41.4. The summed E-state index contributed by atoms with van der Waals surface area (Å²) in [6, 6.07) is -6.79. The molecular weight excluding hydrogens is 1000 g/mol. The first kappa shape index (κ1) is 59.9. The van der Waals surface area contributed by atoms with E-state index in [1.165, 1.54) is 62.9 Å². The van der Waals surface area contributed by atoms with Gasteiger partial charge in [-0.2, -0.15) is 0 Å². The molecule has 4 aromatic rings. The zero-order chi connectivity index (χ0) is 54.6. The molecule has 0 aromatic carbocycles. The maximum absolute atomic E-state index is 13.9. The van der Waals surface area contributed by atoms with Gasteiger partial charge in [-0.15, -0.1) is 22.7 Å². The van der Waals surface area contributed by atoms with E-state index in [4.69, 9.17) is 28.7 Å². The van der Waals surface area contributed by atoms with E-state index in [9.17, 15) is 48.9 Å². The third kappa shape index (κ3) is 17.8. The molecule has 4 rings (SSSR count). The number of unbranched alkanes of at least 4 members (excludes halogenated alkanes) is 1. The number of carbonyl (C=O) groups is 7. The van der Waals surface area contributed by atoms with Gasteiger partial charge in [-0.25, -0.2) is 24.9 Å². The van der Waals surface area contributed by atoms with Crippen LogP contribution in [0.5, 0.6) is 0 Å². The van der Waals surface area contributed by atoms with Crippen LogP contribution in [0, 0.1) is 12.8 Å². The van der Waals surface area contributed by atoms with Crippen LogP contribution in [0.15, 0.2) is 23.3 Å². The Balaban J connectivity index is 1.35. The Kier molecular flexibility index (Phi) is 23.7. The highest BCUT2D eigenvalue weighted by atomic mass is 32.1. The number of amides is 7. The van der Waals surface area contributed by atoms with Gasteiger partial charge in [-0.1, -0.05) is 6.92 Å². The summed E-state index contributed by atoms with van der Waals surface area (Å²) in [7, 11) is 0. The summed E-state index contributed by atoms with van der Waals surface area (Å²) >= 11 is 2.60. The highest BCUT2D eigenvalue weighted by Gasteiger charge is 2.37. The van der Waals surface area contributed by atoms with E-state index < -0.39 is 96.3 Å². The van der Waals surface area contributed by atoms with Crippen molar-refractivity contribution < 1.29 is 48.9 Å². The molecule has 0 aliphatic carbocycles. The standard InChI is InChI=1S/C44H68N18O10S2/c1-20-31(59-38(62-36(20)48)25(14-29(47)64)54-15-24(46)37(49)67)42(71)61-33(35(66)26-16-51-19-55-26)43(72)56-22(3)34(65)21(2)39(68)60-32(23(4)63)41(70)53-13-8-30-57-28(18-73-30)44-58-27(17-74-44)40(69)52-12-7-11-50-10-6-5-9-45/h16-19,21-25,32-35,50,54,63,65-66H,5-15,45-46H2,1-4H3,(H2,47,64)(H2,49,67)(H,51,55)(H,52,69)(H,53,70)(H,56,72)(H,60,68)(H,61,71)(H2,48,59,62)/t21-,22-,23-,24+,25+,32+,33+,34+,35+/m1/s1. The van der Waals surface area contributed by atoms with Crippen LogP contribution in [0.4, 0.5) is 5.82 Å². The molecule has 0 saturated heterocycles. The van der Waals surface area contributed by atoms with Crippen LogP contribution in [0.3, 0.4) is 0 Å². The average molecular weight is 1070 g/mol. The molecule has 0 aliphatic heterocycles. The fraction of sp³-hybridized carbons (Fsp3) is 0.545. The molecule has 0 bridgehead atoms. The lowest BCUT2D eigenvalue weighted by molar-refractivity contribution is -0.136. The molecule has 0 saturated carbocycles. The number of carbonyl (C=O) groups excluding carboxylic acids is 7. The molecule has 30 heteroatoms. The predicted molar refractivity (Wildman–Crippen MR) is 272 cm³/mol. The highest BCUT2D eigenvalue weighted by Crippen LogP contribution is 2.26. The molecule has 9 atom stereocenters. The first-order valence-corrected chi connectivity index (χ1v) is 25.4. The van der Waals surface area contributed by atoms with Crippen LogP contribution >= 0.6 is 22.7 Å². The number of H-pyrrole nitrogens is 1. The van der Waals surface area contributed by atoms with Gasteiger partial charge in [0.2, 0.25) is 29.5 Å². The van der Waals surface area contributed by atoms with Crippen LogP contribution in [-0.2, 0) is 30.4 Å². The summed E-state index contributed by atoms with van der Waals surface area (Å²) in [5.74, 6) is -7.32. The van der Waals surface area contributed by atoms with Gasteiger partial charge in [0.05, 0.1) is 59.5 Å². The Hall–Kier alpha value is -6.64. The number of aliphatic hydroxyl groups is 3. The highest BCUT2D eigenvalue weighted by molar-refractivity contribution is 7.14. The van der Waals surface area contributed by atoms with Gasteiger partial charge in [0.15, 0.2) is 0 Å². The molecule has 21 N–H and O–H groups in total. The molecule has 74 heavy (non-hydrogen) atoms. The van der Waals surface area contributed by atoms with E-state index in [0.717, 1.165) is 32.4 Å². The van der Waals surface area contributed by atoms with Gasteiger partial charge < -0.3 is 86.2 Å². The van der Waals surface area contributed by atoms with Crippen molar-refractivity contribution in [2.24, 2.45) is 28.9 Å². The third-order valence-electron chi connectivity index (χ3n) is 11.4. The van der Waals surface area contributed by atoms with Gasteiger partial charge in [0.1, 0.15) is 51.9 Å². The number of nitrogens with zero attached hydrogens (tertiary/aromatic N) is 5. The van der Waals surface area contributed by atoms with Crippen molar-refractivity contribution in [1.29, 1.82) is 0 Å². The van der Waals surface area contributed by atoms with Crippen LogP contribution < -0.4 is 65.9 Å². The van der Waals surface area contributed by atoms with E-state index in [2.05, 4.69) is 67.1 Å². The van der Waals surface area contributed by atoms with Gasteiger partial charge in [-0.05, 0) is 59.7 Å². The number of hydrogen-bond donors (Lipinski definition) is 16. The Morgan fingerprint density at radius 2 is 1.53 bits per heavy atom. The first-order chi connectivity index (χ1) is 35.1. The fourth-order valence-electron chi connectivity index (χ4n) is 6.99. The van der Waals surface area contributed by atoms with Crippen molar-refractivity contribution in [3.05, 3.63) is 56.8 Å². The number of aliphatic hydroxyl groups excluding tert-OH is 3. The number of aromatic amines is 1. The Morgan fingerprint density at radius 3 is 2.19 bits per heavy atom. The summed E-state index contributed by atoms with van der Waals surface area (Å²) in [6.07, 6.45) is 0.217. The van der Waals surface area contributed by atoms with E-state index in [1.54, 1.807) is 10.8 Å². The quantitative estimate of drug-likeness (QED) is 0.0207. The minimum absolute atomic E-state index is 0.00160. The Morgan fingerprint density at radius 1 is 0.797 bits per heavy atom. The molecule has 28 nitrogen and oxygen atoms in total. The number of hydrogen-bond acceptors (Lipinski definition) is 22. The zero-order valence-corrected chi connectivity index (χ0v) is 43.1. The Bertz CT molecular complexity index is 2510. The van der Waals surface area contributed by atoms with E-state index >= 15 is 0 Å². The molecule has 0 unspecified atom stereocenters. The lowest BCUT2D eigenvalue weighted by Crippen LogP contribution is -2.57. The second-order valence-electron chi connectivity index (χ2n) is 17.3. The van der Waals surface area contributed by atoms with E-state index in [1.807, 2.05) is 0 Å².